The van der Waals surface area contributed by atoms with Crippen molar-refractivity contribution in [3.8, 4) is 0 Å². The Morgan fingerprint density at radius 3 is 2.20 bits per heavy atom. The lowest BCUT2D eigenvalue weighted by Gasteiger charge is -2.45. The Morgan fingerprint density at radius 2 is 1.55 bits per heavy atom. The lowest BCUT2D eigenvalue weighted by molar-refractivity contribution is -0.109. The monoisotopic (exact) mass is 274 g/mol. The summed E-state index contributed by atoms with van der Waals surface area (Å²) in [6.45, 7) is 0. The molecule has 110 valence electrons. The standard InChI is InChI=1S/C18H26O2/c19-17-9-5-4-8-16(17)18(20)12-10-15(11-13-18)14-6-2-1-3-7-14/h1-3,6-7,15-17,19-20H,4-5,8-13H2/t15?,16?,17-,18?/m0/s1. The second-order valence-electron chi connectivity index (χ2n) is 6.75. The van der Waals surface area contributed by atoms with Crippen LogP contribution in [0.5, 0.6) is 0 Å². The van der Waals surface area contributed by atoms with Crippen LogP contribution in [-0.2, 0) is 0 Å². The molecule has 2 nitrogen and oxygen atoms in total. The molecule has 0 amide bonds. The zero-order chi connectivity index (χ0) is 14.0. The molecule has 0 heterocycles. The Labute approximate surface area is 121 Å². The minimum absolute atomic E-state index is 0.105. The average molecular weight is 274 g/mol. The van der Waals surface area contributed by atoms with Gasteiger partial charge in [-0.15, -0.1) is 0 Å². The molecule has 2 heteroatoms. The van der Waals surface area contributed by atoms with E-state index in [-0.39, 0.29) is 12.0 Å². The first-order valence-electron chi connectivity index (χ1n) is 8.14. The molecule has 1 unspecified atom stereocenters. The highest BCUT2D eigenvalue weighted by atomic mass is 16.3. The van der Waals surface area contributed by atoms with Crippen LogP contribution in [0.1, 0.15) is 62.8 Å². The summed E-state index contributed by atoms with van der Waals surface area (Å²) >= 11 is 0. The van der Waals surface area contributed by atoms with Crippen LogP contribution in [0.15, 0.2) is 30.3 Å². The first kappa shape index (κ1) is 14.1. The lowest BCUT2D eigenvalue weighted by Crippen LogP contribution is -2.47. The maximum atomic E-state index is 11.0. The Balaban J connectivity index is 1.65. The molecule has 20 heavy (non-hydrogen) atoms. The molecule has 2 saturated carbocycles. The predicted octanol–water partition coefficient (Wildman–Crippen LogP) is 3.63. The fourth-order valence-electron chi connectivity index (χ4n) is 4.29. The summed E-state index contributed by atoms with van der Waals surface area (Å²) in [7, 11) is 0. The second-order valence-corrected chi connectivity index (χ2v) is 6.75. The van der Waals surface area contributed by atoms with Crippen LogP contribution in [0.2, 0.25) is 0 Å². The van der Waals surface area contributed by atoms with E-state index < -0.39 is 5.60 Å². The molecular weight excluding hydrogens is 248 g/mol. The quantitative estimate of drug-likeness (QED) is 0.864. The highest BCUT2D eigenvalue weighted by molar-refractivity contribution is 5.20. The third kappa shape index (κ3) is 2.77. The van der Waals surface area contributed by atoms with E-state index in [1.807, 2.05) is 0 Å². The first-order valence-corrected chi connectivity index (χ1v) is 8.14. The van der Waals surface area contributed by atoms with Crippen LogP contribution in [0, 0.1) is 5.92 Å². The van der Waals surface area contributed by atoms with Crippen molar-refractivity contribution in [3.63, 3.8) is 0 Å². The maximum Gasteiger partial charge on any atom is 0.0700 e. The van der Waals surface area contributed by atoms with E-state index in [9.17, 15) is 10.2 Å². The van der Waals surface area contributed by atoms with Gasteiger partial charge in [-0.25, -0.2) is 0 Å². The zero-order valence-electron chi connectivity index (χ0n) is 12.2. The molecule has 0 aliphatic heterocycles. The van der Waals surface area contributed by atoms with Crippen LogP contribution >= 0.6 is 0 Å². The summed E-state index contributed by atoms with van der Waals surface area (Å²) in [4.78, 5) is 0. The van der Waals surface area contributed by atoms with Gasteiger partial charge in [-0.3, -0.25) is 0 Å². The predicted molar refractivity (Wildman–Crippen MR) is 80.6 cm³/mol. The minimum atomic E-state index is -0.620. The Kier molecular flexibility index (Phi) is 4.13. The van der Waals surface area contributed by atoms with Crippen LogP contribution in [0.4, 0.5) is 0 Å². The third-order valence-electron chi connectivity index (χ3n) is 5.54. The molecule has 2 N–H and O–H groups in total. The molecule has 2 atom stereocenters. The number of hydrogen-bond donors (Lipinski definition) is 2. The molecule has 1 aromatic rings. The van der Waals surface area contributed by atoms with Gasteiger partial charge in [0.1, 0.15) is 0 Å². The minimum Gasteiger partial charge on any atom is -0.393 e. The van der Waals surface area contributed by atoms with Gasteiger partial charge in [-0.05, 0) is 50.0 Å². The van der Waals surface area contributed by atoms with Crippen LogP contribution < -0.4 is 0 Å². The van der Waals surface area contributed by atoms with Crippen molar-refractivity contribution in [1.29, 1.82) is 0 Å². The third-order valence-corrected chi connectivity index (χ3v) is 5.54. The van der Waals surface area contributed by atoms with E-state index in [1.165, 1.54) is 5.56 Å². The van der Waals surface area contributed by atoms with Gasteiger partial charge in [0.05, 0.1) is 11.7 Å². The highest BCUT2D eigenvalue weighted by Crippen LogP contribution is 2.45. The Hall–Kier alpha value is -0.860. The molecule has 0 bridgehead atoms. The van der Waals surface area contributed by atoms with Crippen LogP contribution in [-0.4, -0.2) is 21.9 Å². The van der Waals surface area contributed by atoms with Crippen molar-refractivity contribution in [2.75, 3.05) is 0 Å². The van der Waals surface area contributed by atoms with Crippen LogP contribution in [0.3, 0.4) is 0 Å². The Morgan fingerprint density at radius 1 is 0.900 bits per heavy atom. The molecule has 3 rings (SSSR count). The SMILES string of the molecule is O[C@H]1CCCCC1C1(O)CCC(c2ccccc2)CC1. The molecule has 2 aliphatic rings. The van der Waals surface area contributed by atoms with Crippen LogP contribution in [0.25, 0.3) is 0 Å². The van der Waals surface area contributed by atoms with E-state index in [2.05, 4.69) is 30.3 Å². The topological polar surface area (TPSA) is 40.5 Å². The van der Waals surface area contributed by atoms with Crippen molar-refractivity contribution in [1.82, 2.24) is 0 Å². The van der Waals surface area contributed by atoms with Gasteiger partial charge >= 0.3 is 0 Å². The summed E-state index contributed by atoms with van der Waals surface area (Å²) in [6, 6.07) is 10.7. The summed E-state index contributed by atoms with van der Waals surface area (Å²) in [5.41, 5.74) is 0.782. The Bertz CT molecular complexity index is 420. The maximum absolute atomic E-state index is 11.0. The van der Waals surface area contributed by atoms with Gasteiger partial charge in [-0.2, -0.15) is 0 Å². The zero-order valence-corrected chi connectivity index (χ0v) is 12.2. The molecule has 0 spiro atoms. The molecule has 2 aliphatic carbocycles. The van der Waals surface area contributed by atoms with Gasteiger partial charge in [0.2, 0.25) is 0 Å². The fraction of sp³-hybridized carbons (Fsp3) is 0.667. The van der Waals surface area contributed by atoms with Crippen molar-refractivity contribution < 1.29 is 10.2 Å². The van der Waals surface area contributed by atoms with Crippen molar-refractivity contribution in [2.45, 2.75) is 69.0 Å². The molecular formula is C18H26O2. The van der Waals surface area contributed by atoms with Gasteiger partial charge < -0.3 is 10.2 Å². The van der Waals surface area contributed by atoms with Crippen molar-refractivity contribution >= 4 is 0 Å². The molecule has 0 saturated heterocycles. The average Bonchev–Trinajstić information content (AvgIpc) is 2.49. The molecule has 0 radical (unpaired) electrons. The molecule has 0 aromatic heterocycles. The number of rotatable bonds is 2. The largest absolute Gasteiger partial charge is 0.393 e. The smallest absolute Gasteiger partial charge is 0.0700 e. The van der Waals surface area contributed by atoms with Gasteiger partial charge in [0, 0.05) is 5.92 Å². The summed E-state index contributed by atoms with van der Waals surface area (Å²) < 4.78 is 0. The lowest BCUT2D eigenvalue weighted by atomic mass is 9.66. The van der Waals surface area contributed by atoms with Gasteiger partial charge in [-0.1, -0.05) is 43.2 Å². The number of benzene rings is 1. The van der Waals surface area contributed by atoms with E-state index in [1.54, 1.807) is 0 Å². The molecule has 1 aromatic carbocycles. The van der Waals surface area contributed by atoms with E-state index >= 15 is 0 Å². The number of hydrogen-bond acceptors (Lipinski definition) is 2. The second kappa shape index (κ2) is 5.87. The van der Waals surface area contributed by atoms with Gasteiger partial charge in [0.25, 0.3) is 0 Å². The van der Waals surface area contributed by atoms with Gasteiger partial charge in [0.15, 0.2) is 0 Å². The fourth-order valence-corrected chi connectivity index (χ4v) is 4.29. The van der Waals surface area contributed by atoms with E-state index in [0.717, 1.165) is 51.4 Å². The highest BCUT2D eigenvalue weighted by Gasteiger charge is 2.44. The van der Waals surface area contributed by atoms with Crippen molar-refractivity contribution in [2.24, 2.45) is 5.92 Å². The number of aliphatic hydroxyl groups excluding tert-OH is 1. The van der Waals surface area contributed by atoms with E-state index in [0.29, 0.717) is 5.92 Å². The first-order chi connectivity index (χ1) is 9.69. The molecule has 2 fully saturated rings. The number of aliphatic hydroxyl groups is 2. The normalized spacial score (nSPS) is 38.6. The summed E-state index contributed by atoms with van der Waals surface area (Å²) in [5.74, 6) is 0.685. The summed E-state index contributed by atoms with van der Waals surface area (Å²) in [5, 5.41) is 21.2. The van der Waals surface area contributed by atoms with Crippen molar-refractivity contribution in [3.05, 3.63) is 35.9 Å². The van der Waals surface area contributed by atoms with E-state index in [4.69, 9.17) is 0 Å². The summed E-state index contributed by atoms with van der Waals surface area (Å²) in [6.07, 6.45) is 7.62.